The average Bonchev–Trinajstić information content (AvgIpc) is 3.24. The van der Waals surface area contributed by atoms with Crippen LogP contribution >= 0.6 is 0 Å². The fourth-order valence-electron chi connectivity index (χ4n) is 2.02. The first-order valence-electron chi connectivity index (χ1n) is 15.6. The van der Waals surface area contributed by atoms with Crippen LogP contribution in [0.15, 0.2) is 12.2 Å². The predicted octanol–water partition coefficient (Wildman–Crippen LogP) is 7.77. The third kappa shape index (κ3) is 40.0. The molecule has 0 aliphatic heterocycles. The zero-order valence-electron chi connectivity index (χ0n) is 32.2. The minimum absolute atomic E-state index is 0. The smallest absolute Gasteiger partial charge is 0.319 e. The number of carbonyl (C=O) groups excluding carboxylic acids is 11. The first-order valence-corrected chi connectivity index (χ1v) is 15.6. The van der Waals surface area contributed by atoms with Crippen LogP contribution in [0, 0.1) is 89.6 Å². The predicted molar refractivity (Wildman–Crippen MR) is 242 cm³/mol. The molecule has 63 heavy (non-hydrogen) atoms. The lowest BCUT2D eigenvalue weighted by atomic mass is 9.85. The van der Waals surface area contributed by atoms with Gasteiger partial charge in [0.2, 0.25) is 28.9 Å². The number of allylic oxidation sites excluding steroid dienone is 1. The Hall–Kier alpha value is -7.15. The third-order valence-corrected chi connectivity index (χ3v) is 7.41. The van der Waals surface area contributed by atoms with Crippen LogP contribution in [0.3, 0.4) is 0 Å². The molecule has 0 aliphatic rings. The number of rotatable bonds is 15. The molecule has 0 saturated carbocycles. The number of hydrogen-bond donors (Lipinski definition) is 0. The summed E-state index contributed by atoms with van der Waals surface area (Å²) in [5, 5.41) is 49.6. The van der Waals surface area contributed by atoms with Gasteiger partial charge in [-0.05, 0) is 53.4 Å². The van der Waals surface area contributed by atoms with Crippen molar-refractivity contribution >= 4 is 66.3 Å². The fraction of sp³-hybridized carbons (Fsp3) is 0.578. The Labute approximate surface area is 378 Å². The number of esters is 1. The van der Waals surface area contributed by atoms with Gasteiger partial charge < -0.3 is 4.74 Å². The number of nitrogens with zero attached hydrogens (tertiary/aromatic N) is 6. The Kier molecular flexibility index (Phi) is 80.5. The molecule has 18 heteroatoms. The molecule has 4 unspecified atom stereocenters. The molecule has 0 heterocycles. The van der Waals surface area contributed by atoms with E-state index in [1.807, 2.05) is 0 Å². The molecule has 4 atom stereocenters. The van der Waals surface area contributed by atoms with E-state index >= 15 is 0 Å². The molecular weight excluding hydrogens is 817 g/mol. The summed E-state index contributed by atoms with van der Waals surface area (Å²) in [6.07, 6.45) is 2.21. The molecule has 0 aromatic carbocycles. The summed E-state index contributed by atoms with van der Waals surface area (Å²) in [5.74, 6) is -3.90. The van der Waals surface area contributed by atoms with Crippen LogP contribution in [0.5, 0.6) is 0 Å². The van der Waals surface area contributed by atoms with E-state index < -0.39 is 56.5 Å². The third-order valence-electron chi connectivity index (χ3n) is 7.41. The summed E-state index contributed by atoms with van der Waals surface area (Å²) in [6, 6.07) is 10.3. The van der Waals surface area contributed by atoms with E-state index in [0.717, 1.165) is 0 Å². The van der Waals surface area contributed by atoms with Crippen LogP contribution in [0.25, 0.3) is 0 Å². The molecule has 0 amide bonds. The van der Waals surface area contributed by atoms with Crippen LogP contribution in [0.1, 0.15) is 147 Å². The fourth-order valence-corrected chi connectivity index (χ4v) is 2.02. The van der Waals surface area contributed by atoms with Gasteiger partial charge in [0.25, 0.3) is 0 Å². The van der Waals surface area contributed by atoms with Gasteiger partial charge in [0.05, 0.1) is 43.0 Å². The molecule has 0 aliphatic carbocycles. The minimum atomic E-state index is -1.11. The quantitative estimate of drug-likeness (QED) is 0.0497. The van der Waals surface area contributed by atoms with Crippen LogP contribution < -0.4 is 0 Å². The highest BCUT2D eigenvalue weighted by molar-refractivity contribution is 6.34. The van der Waals surface area contributed by atoms with Gasteiger partial charge in [0.1, 0.15) is 34.2 Å². The van der Waals surface area contributed by atoms with Crippen molar-refractivity contribution in [2.75, 3.05) is 7.11 Å². The van der Waals surface area contributed by atoms with Crippen LogP contribution in [0.4, 0.5) is 0 Å². The zero-order valence-corrected chi connectivity index (χ0v) is 32.2. The lowest BCUT2D eigenvalue weighted by Gasteiger charge is -2.12. The van der Waals surface area contributed by atoms with E-state index in [-0.39, 0.29) is 103 Å². The summed E-state index contributed by atoms with van der Waals surface area (Å²) in [6.45, 7) is 15.6. The average molecular weight is 893 g/mol. The first kappa shape index (κ1) is 95.9. The molecule has 18 nitrogen and oxygen atoms in total. The molecule has 0 N–H and O–H groups in total. The van der Waals surface area contributed by atoms with Gasteiger partial charge in [-0.25, -0.2) is 0 Å². The summed E-state index contributed by atoms with van der Waals surface area (Å²) < 4.78 is 4.13. The number of ether oxygens (including phenoxy) is 1. The maximum absolute atomic E-state index is 10.7. The van der Waals surface area contributed by atoms with Crippen molar-refractivity contribution in [2.45, 2.75) is 147 Å². The van der Waals surface area contributed by atoms with Gasteiger partial charge in [-0.15, -0.1) is 0 Å². The zero-order chi connectivity index (χ0) is 45.1. The van der Waals surface area contributed by atoms with Gasteiger partial charge in [0, 0.05) is 0 Å². The summed E-state index contributed by atoms with van der Waals surface area (Å²) in [7, 11) is 1.25. The number of nitriles is 6. The van der Waals surface area contributed by atoms with E-state index in [1.54, 1.807) is 58.0 Å². The van der Waals surface area contributed by atoms with Crippen LogP contribution in [0.2, 0.25) is 0 Å². The number of carbonyl (C=O) groups is 11. The number of methoxy groups -OCH3 is 1. The highest BCUT2D eigenvalue weighted by Crippen LogP contribution is 2.21. The molecule has 0 rings (SSSR count). The Morgan fingerprint density at radius 2 is 0.683 bits per heavy atom. The van der Waals surface area contributed by atoms with Crippen molar-refractivity contribution < 1.29 is 57.5 Å². The summed E-state index contributed by atoms with van der Waals surface area (Å²) >= 11 is 0. The molecule has 358 valence electrons. The first-order chi connectivity index (χ1) is 25.4. The molecule has 0 spiro atoms. The maximum atomic E-state index is 10.7. The van der Waals surface area contributed by atoms with E-state index in [1.165, 1.54) is 40.9 Å². The summed E-state index contributed by atoms with van der Waals surface area (Å²) in [4.78, 5) is 112. The topological polar surface area (TPSA) is 340 Å². The van der Waals surface area contributed by atoms with Crippen molar-refractivity contribution in [1.82, 2.24) is 0 Å². The largest absolute Gasteiger partial charge is 0.468 e. The molecule has 0 saturated heterocycles. The number of hydrogen-bond acceptors (Lipinski definition) is 18. The second-order valence-corrected chi connectivity index (χ2v) is 11.1. The van der Waals surface area contributed by atoms with Gasteiger partial charge >= 0.3 is 5.97 Å². The normalized spacial score (nSPS) is 11.1. The van der Waals surface area contributed by atoms with Crippen molar-refractivity contribution in [3.8, 4) is 36.4 Å². The minimum Gasteiger partial charge on any atom is -0.468 e. The van der Waals surface area contributed by atoms with E-state index in [2.05, 4.69) is 11.3 Å². The van der Waals surface area contributed by atoms with E-state index in [4.69, 9.17) is 31.6 Å². The second kappa shape index (κ2) is 52.9. The standard InChI is InChI=1S/4C7H9NO2.C5H3NO2.C4H5NO2.8CH4/c4*1-3-7(2,5-8)6(10)4-9;1-4(2-6)5(8)3-7;1-7-4(6)2-3-5;;;;;;;;/h4*4H,3H2,1-2H3;3H,1H2;2H2,1H3;8*1H4. The van der Waals surface area contributed by atoms with Gasteiger partial charge in [-0.3, -0.25) is 52.7 Å². The van der Waals surface area contributed by atoms with Crippen molar-refractivity contribution in [3.63, 3.8) is 0 Å². The highest BCUT2D eigenvalue weighted by Gasteiger charge is 2.32. The van der Waals surface area contributed by atoms with E-state index in [0.29, 0.717) is 25.7 Å². The summed E-state index contributed by atoms with van der Waals surface area (Å²) in [5.41, 5.74) is -4.76. The molecule has 0 radical (unpaired) electrons. The number of ketones is 5. The van der Waals surface area contributed by atoms with Crippen LogP contribution in [-0.2, 0) is 57.5 Å². The lowest BCUT2D eigenvalue weighted by molar-refractivity contribution is -0.139. The second-order valence-electron chi connectivity index (χ2n) is 11.1. The van der Waals surface area contributed by atoms with Crippen molar-refractivity contribution in [1.29, 1.82) is 31.6 Å². The highest BCUT2D eigenvalue weighted by atomic mass is 16.5. The van der Waals surface area contributed by atoms with Crippen molar-refractivity contribution in [3.05, 3.63) is 12.2 Å². The maximum Gasteiger partial charge on any atom is 0.319 e. The molecule has 0 bridgehead atoms. The SMILES string of the molecule is C.C.C.C.C.C.C.C.C=C(C#N)C(=O)C=O.CCC(C)(C#N)C(=O)C=O.CCC(C)(C#N)C(=O)C=O.CCC(C)(C#N)C(=O)C=O.CCC(C)(C#N)C(=O)C=O.COC(=O)CC#N. The van der Waals surface area contributed by atoms with Crippen LogP contribution in [-0.4, -0.2) is 73.4 Å². The Balaban J connectivity index is -0.0000000373. The van der Waals surface area contributed by atoms with Gasteiger partial charge in [-0.1, -0.05) is 93.7 Å². The van der Waals surface area contributed by atoms with Crippen molar-refractivity contribution in [2.24, 2.45) is 21.7 Å². The Morgan fingerprint density at radius 3 is 0.730 bits per heavy atom. The van der Waals surface area contributed by atoms with Gasteiger partial charge in [-0.2, -0.15) is 31.6 Å². The molecule has 0 aromatic heterocycles. The monoisotopic (exact) mass is 893 g/mol. The number of Topliss-reactive ketones (excluding diaryl/α,β-unsaturated/α-hetero) is 5. The molecular formula is C45H76N6O12. The Bertz CT molecular complexity index is 1510. The Morgan fingerprint density at radius 1 is 0.476 bits per heavy atom. The molecule has 0 fully saturated rings. The molecule has 0 aromatic rings. The van der Waals surface area contributed by atoms with Gasteiger partial charge in [0.15, 0.2) is 31.4 Å². The lowest BCUT2D eigenvalue weighted by Crippen LogP contribution is -2.25. The number of aldehydes is 5. The van der Waals surface area contributed by atoms with E-state index in [9.17, 15) is 52.7 Å².